The van der Waals surface area contributed by atoms with Crippen LogP contribution in [0, 0.1) is 0 Å². The van der Waals surface area contributed by atoms with Crippen molar-refractivity contribution in [2.45, 2.75) is 20.5 Å². The van der Waals surface area contributed by atoms with Crippen molar-refractivity contribution in [3.63, 3.8) is 0 Å². The zero-order valence-electron chi connectivity index (χ0n) is 11.8. The highest BCUT2D eigenvalue weighted by atomic mass is 19.3. The van der Waals surface area contributed by atoms with E-state index in [-0.39, 0.29) is 17.1 Å². The molecule has 5 heteroatoms. The van der Waals surface area contributed by atoms with Crippen molar-refractivity contribution in [1.29, 1.82) is 0 Å². The van der Waals surface area contributed by atoms with E-state index in [1.165, 1.54) is 6.92 Å². The van der Waals surface area contributed by atoms with Crippen LogP contribution < -0.4 is 0 Å². The average molecular weight is 291 g/mol. The van der Waals surface area contributed by atoms with Crippen LogP contribution in [0.4, 0.5) is 8.78 Å². The zero-order chi connectivity index (χ0) is 15.6. The van der Waals surface area contributed by atoms with Gasteiger partial charge >= 0.3 is 6.61 Å². The lowest BCUT2D eigenvalue weighted by Crippen LogP contribution is -2.29. The number of allylic oxidation sites excluding steroid dienone is 3. The number of carbonyl (C=O) groups excluding carboxylic acids is 1. The number of halogens is 2. The average Bonchev–Trinajstić information content (AvgIpc) is 2.43. The first-order chi connectivity index (χ1) is 9.91. The summed E-state index contributed by atoms with van der Waals surface area (Å²) in [4.78, 5) is 16.2. The fourth-order valence-corrected chi connectivity index (χ4v) is 2.21. The molecule has 0 saturated carbocycles. The van der Waals surface area contributed by atoms with Crippen LogP contribution in [0.25, 0.3) is 5.70 Å². The van der Waals surface area contributed by atoms with Gasteiger partial charge in [-0.2, -0.15) is 13.6 Å². The molecule has 0 amide bonds. The number of alkyl halides is 2. The third-order valence-corrected chi connectivity index (χ3v) is 3.11. The Hall–Kier alpha value is -2.27. The number of benzene rings is 1. The van der Waals surface area contributed by atoms with E-state index in [0.29, 0.717) is 16.8 Å². The van der Waals surface area contributed by atoms with Crippen LogP contribution in [0.2, 0.25) is 0 Å². The Morgan fingerprint density at radius 1 is 1.29 bits per heavy atom. The highest BCUT2D eigenvalue weighted by molar-refractivity contribution is 5.99. The summed E-state index contributed by atoms with van der Waals surface area (Å²) in [7, 11) is 0. The molecule has 0 aromatic heterocycles. The van der Waals surface area contributed by atoms with Crippen LogP contribution in [0.1, 0.15) is 19.4 Å². The van der Waals surface area contributed by atoms with Crippen LogP contribution in [0.3, 0.4) is 0 Å². The highest BCUT2D eigenvalue weighted by Gasteiger charge is 2.29. The fraction of sp³-hybridized carbons (Fsp3) is 0.188. The summed E-state index contributed by atoms with van der Waals surface area (Å²) in [5.74, 6) is -0.255. The van der Waals surface area contributed by atoms with E-state index in [9.17, 15) is 13.6 Å². The second-order valence-corrected chi connectivity index (χ2v) is 4.62. The number of Topliss-reactive ketones (excluding diaryl/α,β-unsaturated/α-hetero) is 1. The Morgan fingerprint density at radius 2 is 1.90 bits per heavy atom. The van der Waals surface area contributed by atoms with Crippen molar-refractivity contribution in [2.75, 3.05) is 0 Å². The number of nitrogens with zero attached hydrogens (tertiary/aromatic N) is 1. The SMILES string of the molecule is C=C1C(C(C)=O)=CC(C)=C(c2ccccc2)N1OC(F)F. The number of hydroxylamine groups is 2. The minimum atomic E-state index is -3.01. The fourth-order valence-electron chi connectivity index (χ4n) is 2.21. The summed E-state index contributed by atoms with van der Waals surface area (Å²) < 4.78 is 25.4. The first-order valence-electron chi connectivity index (χ1n) is 6.35. The quantitative estimate of drug-likeness (QED) is 0.842. The minimum absolute atomic E-state index is 0.104. The summed E-state index contributed by atoms with van der Waals surface area (Å²) in [6, 6.07) is 8.97. The minimum Gasteiger partial charge on any atom is -0.294 e. The molecule has 1 heterocycles. The van der Waals surface area contributed by atoms with E-state index in [1.54, 1.807) is 37.3 Å². The summed E-state index contributed by atoms with van der Waals surface area (Å²) in [6.45, 7) is 3.79. The Bertz CT molecular complexity index is 633. The molecule has 1 aliphatic rings. The van der Waals surface area contributed by atoms with Crippen LogP contribution in [0.15, 0.2) is 59.8 Å². The maximum Gasteiger partial charge on any atom is 0.365 e. The van der Waals surface area contributed by atoms with E-state index < -0.39 is 6.61 Å². The van der Waals surface area contributed by atoms with Gasteiger partial charge in [0.25, 0.3) is 0 Å². The normalized spacial score (nSPS) is 15.6. The standard InChI is InChI=1S/C16H15F2NO2/c1-10-9-14(12(3)20)11(2)19(21-16(17)18)15(10)13-7-5-4-6-8-13/h4-9,16H,2H2,1,3H3. The molecule has 3 nitrogen and oxygen atoms in total. The molecular weight excluding hydrogens is 276 g/mol. The Morgan fingerprint density at radius 3 is 2.43 bits per heavy atom. The molecule has 0 radical (unpaired) electrons. The molecule has 0 bridgehead atoms. The number of ketones is 1. The van der Waals surface area contributed by atoms with Crippen LogP contribution in [0.5, 0.6) is 0 Å². The highest BCUT2D eigenvalue weighted by Crippen LogP contribution is 2.35. The van der Waals surface area contributed by atoms with Crippen molar-refractivity contribution in [3.05, 3.63) is 65.4 Å². The first kappa shape index (κ1) is 15.1. The van der Waals surface area contributed by atoms with Gasteiger partial charge in [0.15, 0.2) is 5.78 Å². The predicted octanol–water partition coefficient (Wildman–Crippen LogP) is 3.92. The maximum absolute atomic E-state index is 12.7. The van der Waals surface area contributed by atoms with Gasteiger partial charge in [0.2, 0.25) is 0 Å². The predicted molar refractivity (Wildman–Crippen MR) is 75.9 cm³/mol. The molecule has 0 saturated heterocycles. The van der Waals surface area contributed by atoms with Gasteiger partial charge in [-0.05, 0) is 25.5 Å². The molecule has 0 N–H and O–H groups in total. The van der Waals surface area contributed by atoms with E-state index in [4.69, 9.17) is 0 Å². The molecule has 1 aliphatic heterocycles. The van der Waals surface area contributed by atoms with E-state index in [2.05, 4.69) is 11.4 Å². The van der Waals surface area contributed by atoms with E-state index in [0.717, 1.165) is 5.06 Å². The van der Waals surface area contributed by atoms with Gasteiger partial charge in [0.1, 0.15) is 0 Å². The molecule has 1 aromatic rings. The van der Waals surface area contributed by atoms with Gasteiger partial charge in [-0.15, -0.1) is 0 Å². The van der Waals surface area contributed by atoms with Crippen LogP contribution in [-0.4, -0.2) is 17.5 Å². The van der Waals surface area contributed by atoms with Crippen molar-refractivity contribution < 1.29 is 18.4 Å². The van der Waals surface area contributed by atoms with Crippen molar-refractivity contribution in [3.8, 4) is 0 Å². The molecule has 110 valence electrons. The summed E-state index contributed by atoms with van der Waals surface area (Å²) >= 11 is 0. The largest absolute Gasteiger partial charge is 0.365 e. The monoisotopic (exact) mass is 291 g/mol. The number of hydrogen-bond acceptors (Lipinski definition) is 3. The van der Waals surface area contributed by atoms with Crippen molar-refractivity contribution >= 4 is 11.5 Å². The van der Waals surface area contributed by atoms with Gasteiger partial charge in [-0.1, -0.05) is 36.9 Å². The third kappa shape index (κ3) is 3.08. The van der Waals surface area contributed by atoms with Gasteiger partial charge in [-0.3, -0.25) is 4.79 Å². The zero-order valence-corrected chi connectivity index (χ0v) is 11.8. The number of carbonyl (C=O) groups is 1. The lowest BCUT2D eigenvalue weighted by Gasteiger charge is -2.32. The Kier molecular flexibility index (Phi) is 4.33. The molecule has 2 rings (SSSR count). The molecule has 21 heavy (non-hydrogen) atoms. The lowest BCUT2D eigenvalue weighted by atomic mass is 9.97. The summed E-state index contributed by atoms with van der Waals surface area (Å²) in [5, 5.41) is 0.937. The summed E-state index contributed by atoms with van der Waals surface area (Å²) in [5.41, 5.74) is 2.17. The van der Waals surface area contributed by atoms with Crippen LogP contribution >= 0.6 is 0 Å². The van der Waals surface area contributed by atoms with Crippen LogP contribution in [-0.2, 0) is 9.63 Å². The summed E-state index contributed by atoms with van der Waals surface area (Å²) in [6.07, 6.45) is 1.64. The smallest absolute Gasteiger partial charge is 0.294 e. The van der Waals surface area contributed by atoms with Crippen molar-refractivity contribution in [2.24, 2.45) is 0 Å². The topological polar surface area (TPSA) is 29.5 Å². The van der Waals surface area contributed by atoms with Gasteiger partial charge in [0.05, 0.1) is 11.4 Å². The van der Waals surface area contributed by atoms with Crippen molar-refractivity contribution in [1.82, 2.24) is 5.06 Å². The Balaban J connectivity index is 2.57. The molecule has 0 spiro atoms. The Labute approximate surface area is 121 Å². The number of hydrogen-bond donors (Lipinski definition) is 0. The maximum atomic E-state index is 12.7. The molecular formula is C16H15F2NO2. The second kappa shape index (κ2) is 6.01. The second-order valence-electron chi connectivity index (χ2n) is 4.62. The molecule has 0 unspecified atom stereocenters. The van der Waals surface area contributed by atoms with Gasteiger partial charge in [-0.25, -0.2) is 5.06 Å². The van der Waals surface area contributed by atoms with Gasteiger partial charge in [0, 0.05) is 11.1 Å². The van der Waals surface area contributed by atoms with E-state index >= 15 is 0 Å². The van der Waals surface area contributed by atoms with E-state index in [1.807, 2.05) is 6.07 Å². The molecule has 1 aromatic carbocycles. The molecule has 0 fully saturated rings. The molecule has 0 atom stereocenters. The first-order valence-corrected chi connectivity index (χ1v) is 6.35. The lowest BCUT2D eigenvalue weighted by molar-refractivity contribution is -0.239. The third-order valence-electron chi connectivity index (χ3n) is 3.11. The molecule has 0 aliphatic carbocycles. The number of rotatable bonds is 4. The van der Waals surface area contributed by atoms with Gasteiger partial charge < -0.3 is 0 Å².